The third-order valence-corrected chi connectivity index (χ3v) is 4.88. The highest BCUT2D eigenvalue weighted by atomic mass is 32.1. The third kappa shape index (κ3) is 4.60. The van der Waals surface area contributed by atoms with Crippen LogP contribution >= 0.6 is 11.3 Å². The third-order valence-electron chi connectivity index (χ3n) is 4.15. The van der Waals surface area contributed by atoms with Gasteiger partial charge in [0.15, 0.2) is 6.10 Å². The number of para-hydroxylation sites is 1. The first kappa shape index (κ1) is 17.5. The average molecular weight is 359 g/mol. The van der Waals surface area contributed by atoms with Crippen LogP contribution in [0.1, 0.15) is 36.9 Å². The molecule has 1 amide bonds. The van der Waals surface area contributed by atoms with E-state index < -0.39 is 6.10 Å². The zero-order chi connectivity index (χ0) is 17.6. The lowest BCUT2D eigenvalue weighted by Crippen LogP contribution is -2.39. The standard InChI is InChI=1S/C19H21NO4S/c1-13(24-18(21)7-6-14-9-11-25-12-14)19(22)20-16-8-10-23-17-5-3-2-4-15(16)17/h2-5,9,11-13,16H,6-8,10H2,1H3,(H,20,22). The number of benzene rings is 1. The summed E-state index contributed by atoms with van der Waals surface area (Å²) >= 11 is 1.60. The molecule has 0 spiro atoms. The highest BCUT2D eigenvalue weighted by molar-refractivity contribution is 7.07. The molecule has 6 heteroatoms. The van der Waals surface area contributed by atoms with E-state index in [2.05, 4.69) is 5.32 Å². The number of nitrogens with one attached hydrogen (secondary N) is 1. The van der Waals surface area contributed by atoms with Gasteiger partial charge in [0.1, 0.15) is 5.75 Å². The van der Waals surface area contributed by atoms with Crippen molar-refractivity contribution in [2.24, 2.45) is 0 Å². The summed E-state index contributed by atoms with van der Waals surface area (Å²) < 4.78 is 10.9. The number of carbonyl (C=O) groups is 2. The SMILES string of the molecule is CC(OC(=O)CCc1ccsc1)C(=O)NC1CCOc2ccccc21. The van der Waals surface area contributed by atoms with Gasteiger partial charge in [0.05, 0.1) is 12.6 Å². The van der Waals surface area contributed by atoms with Gasteiger partial charge >= 0.3 is 5.97 Å². The van der Waals surface area contributed by atoms with E-state index in [1.807, 2.05) is 41.1 Å². The number of esters is 1. The molecule has 0 fully saturated rings. The second kappa shape index (κ2) is 8.16. The summed E-state index contributed by atoms with van der Waals surface area (Å²) in [5.74, 6) is 0.145. The number of ether oxygens (including phenoxy) is 2. The minimum absolute atomic E-state index is 0.121. The molecule has 0 aliphatic carbocycles. The van der Waals surface area contributed by atoms with E-state index in [1.165, 1.54) is 0 Å². The van der Waals surface area contributed by atoms with E-state index in [0.29, 0.717) is 19.4 Å². The van der Waals surface area contributed by atoms with Gasteiger partial charge < -0.3 is 14.8 Å². The Kier molecular flexibility index (Phi) is 5.71. The number of carbonyl (C=O) groups excluding carboxylic acids is 2. The van der Waals surface area contributed by atoms with E-state index in [1.54, 1.807) is 18.3 Å². The van der Waals surface area contributed by atoms with Crippen molar-refractivity contribution in [2.45, 2.75) is 38.3 Å². The van der Waals surface area contributed by atoms with Crippen molar-refractivity contribution in [3.05, 3.63) is 52.2 Å². The maximum Gasteiger partial charge on any atom is 0.306 e. The predicted octanol–water partition coefficient (Wildman–Crippen LogP) is 3.25. The number of fused-ring (bicyclic) bond motifs is 1. The normalized spacial score (nSPS) is 17.1. The fourth-order valence-corrected chi connectivity index (χ4v) is 3.48. The molecule has 5 nitrogen and oxygen atoms in total. The second-order valence-corrected chi connectivity index (χ2v) is 6.78. The van der Waals surface area contributed by atoms with Gasteiger partial charge in [-0.2, -0.15) is 11.3 Å². The van der Waals surface area contributed by atoms with Crippen molar-refractivity contribution in [1.82, 2.24) is 5.32 Å². The molecule has 3 rings (SSSR count). The summed E-state index contributed by atoms with van der Waals surface area (Å²) in [7, 11) is 0. The second-order valence-electron chi connectivity index (χ2n) is 6.00. The van der Waals surface area contributed by atoms with Crippen LogP contribution in [-0.2, 0) is 20.7 Å². The van der Waals surface area contributed by atoms with E-state index >= 15 is 0 Å². The molecular weight excluding hydrogens is 338 g/mol. The number of hydrogen-bond donors (Lipinski definition) is 1. The van der Waals surface area contributed by atoms with Gasteiger partial charge in [-0.3, -0.25) is 9.59 Å². The summed E-state index contributed by atoms with van der Waals surface area (Å²) in [5, 5.41) is 6.94. The number of thiophene rings is 1. The van der Waals surface area contributed by atoms with Crippen LogP contribution in [0.15, 0.2) is 41.1 Å². The van der Waals surface area contributed by atoms with Gasteiger partial charge in [-0.25, -0.2) is 0 Å². The zero-order valence-corrected chi connectivity index (χ0v) is 14.9. The van der Waals surface area contributed by atoms with E-state index in [-0.39, 0.29) is 24.3 Å². The molecular formula is C19H21NO4S. The summed E-state index contributed by atoms with van der Waals surface area (Å²) in [6.07, 6.45) is 0.782. The fourth-order valence-electron chi connectivity index (χ4n) is 2.77. The van der Waals surface area contributed by atoms with Gasteiger partial charge in [-0.05, 0) is 41.8 Å². The van der Waals surface area contributed by atoms with Crippen molar-refractivity contribution in [3.8, 4) is 5.75 Å². The largest absolute Gasteiger partial charge is 0.493 e. The highest BCUT2D eigenvalue weighted by Crippen LogP contribution is 2.31. The Bertz CT molecular complexity index is 729. The topological polar surface area (TPSA) is 64.6 Å². The Balaban J connectivity index is 1.50. The molecule has 0 bridgehead atoms. The van der Waals surface area contributed by atoms with Gasteiger partial charge in [0.2, 0.25) is 0 Å². The molecule has 1 aliphatic rings. The van der Waals surface area contributed by atoms with Crippen LogP contribution < -0.4 is 10.1 Å². The molecule has 132 valence electrons. The minimum Gasteiger partial charge on any atom is -0.493 e. The fraction of sp³-hybridized carbons (Fsp3) is 0.368. The minimum atomic E-state index is -0.815. The molecule has 1 aromatic heterocycles. The van der Waals surface area contributed by atoms with Crippen LogP contribution in [-0.4, -0.2) is 24.6 Å². The molecule has 1 N–H and O–H groups in total. The summed E-state index contributed by atoms with van der Waals surface area (Å²) in [6, 6.07) is 9.51. The lowest BCUT2D eigenvalue weighted by Gasteiger charge is -2.27. The quantitative estimate of drug-likeness (QED) is 0.804. The van der Waals surface area contributed by atoms with Crippen molar-refractivity contribution >= 4 is 23.2 Å². The van der Waals surface area contributed by atoms with Crippen LogP contribution in [0.25, 0.3) is 0 Å². The Hall–Kier alpha value is -2.34. The van der Waals surface area contributed by atoms with Crippen LogP contribution in [0.5, 0.6) is 5.75 Å². The van der Waals surface area contributed by atoms with Gasteiger partial charge in [-0.15, -0.1) is 0 Å². The van der Waals surface area contributed by atoms with Gasteiger partial charge in [0, 0.05) is 18.4 Å². The Morgan fingerprint density at radius 3 is 3.00 bits per heavy atom. The summed E-state index contributed by atoms with van der Waals surface area (Å²) in [6.45, 7) is 2.15. The number of amides is 1. The lowest BCUT2D eigenvalue weighted by molar-refractivity contribution is -0.155. The molecule has 0 radical (unpaired) electrons. The first-order valence-electron chi connectivity index (χ1n) is 8.36. The molecule has 2 heterocycles. The lowest BCUT2D eigenvalue weighted by atomic mass is 10.0. The van der Waals surface area contributed by atoms with E-state index in [4.69, 9.17) is 9.47 Å². The number of rotatable bonds is 6. The molecule has 1 aliphatic heterocycles. The first-order chi connectivity index (χ1) is 12.1. The Morgan fingerprint density at radius 2 is 2.20 bits per heavy atom. The monoisotopic (exact) mass is 359 g/mol. The van der Waals surface area contributed by atoms with Crippen LogP contribution in [0.2, 0.25) is 0 Å². The predicted molar refractivity (Wildman–Crippen MR) is 95.6 cm³/mol. The molecule has 2 unspecified atom stereocenters. The summed E-state index contributed by atoms with van der Waals surface area (Å²) in [4.78, 5) is 24.3. The van der Waals surface area contributed by atoms with Crippen LogP contribution in [0.4, 0.5) is 0 Å². The number of hydrogen-bond acceptors (Lipinski definition) is 5. The molecule has 0 saturated heterocycles. The maximum atomic E-state index is 12.4. The first-order valence-corrected chi connectivity index (χ1v) is 9.30. The van der Waals surface area contributed by atoms with Gasteiger partial charge in [-0.1, -0.05) is 18.2 Å². The molecule has 1 aromatic carbocycles. The smallest absolute Gasteiger partial charge is 0.306 e. The molecule has 0 saturated carbocycles. The molecule has 2 aromatic rings. The zero-order valence-electron chi connectivity index (χ0n) is 14.1. The Morgan fingerprint density at radius 1 is 1.36 bits per heavy atom. The van der Waals surface area contributed by atoms with E-state index in [9.17, 15) is 9.59 Å². The Labute approximate surface area is 151 Å². The van der Waals surface area contributed by atoms with Gasteiger partial charge in [0.25, 0.3) is 5.91 Å². The average Bonchev–Trinajstić information content (AvgIpc) is 3.14. The van der Waals surface area contributed by atoms with Crippen LogP contribution in [0, 0.1) is 0 Å². The van der Waals surface area contributed by atoms with E-state index in [0.717, 1.165) is 16.9 Å². The highest BCUT2D eigenvalue weighted by Gasteiger charge is 2.26. The molecule has 2 atom stereocenters. The van der Waals surface area contributed by atoms with Crippen molar-refractivity contribution in [1.29, 1.82) is 0 Å². The molecule has 25 heavy (non-hydrogen) atoms. The maximum absolute atomic E-state index is 12.4. The van der Waals surface area contributed by atoms with Crippen molar-refractivity contribution in [3.63, 3.8) is 0 Å². The van der Waals surface area contributed by atoms with Crippen LogP contribution in [0.3, 0.4) is 0 Å². The van der Waals surface area contributed by atoms with Crippen molar-refractivity contribution in [2.75, 3.05) is 6.61 Å². The number of aryl methyl sites for hydroxylation is 1. The van der Waals surface area contributed by atoms with Crippen molar-refractivity contribution < 1.29 is 19.1 Å². The summed E-state index contributed by atoms with van der Waals surface area (Å²) in [5.41, 5.74) is 2.07.